The van der Waals surface area contributed by atoms with E-state index < -0.39 is 5.41 Å². The summed E-state index contributed by atoms with van der Waals surface area (Å²) in [6.45, 7) is 8.95. The quantitative estimate of drug-likeness (QED) is 0.772. The highest BCUT2D eigenvalue weighted by molar-refractivity contribution is 5.95. The second kappa shape index (κ2) is 5.96. The molecular formula is C20H28N2O4. The zero-order valence-corrected chi connectivity index (χ0v) is 16.5. The largest absolute Gasteiger partial charge is 0.469 e. The molecule has 1 amide bonds. The molecule has 6 heteroatoms. The van der Waals surface area contributed by atoms with Gasteiger partial charge in [-0.15, -0.1) is 0 Å². The molecule has 2 atom stereocenters. The normalized spacial score (nSPS) is 26.2. The number of fused-ring (bicyclic) bond motifs is 1. The van der Waals surface area contributed by atoms with Crippen LogP contribution in [0, 0.1) is 23.7 Å². The lowest BCUT2D eigenvalue weighted by Crippen LogP contribution is -2.57. The molecule has 1 aliphatic heterocycles. The summed E-state index contributed by atoms with van der Waals surface area (Å²) in [5.41, 5.74) is 1.13. The number of carbonyl (C=O) groups excluding carboxylic acids is 2. The van der Waals surface area contributed by atoms with Gasteiger partial charge in [0.25, 0.3) is 11.5 Å². The molecule has 0 spiro atoms. The van der Waals surface area contributed by atoms with E-state index in [-0.39, 0.29) is 34.3 Å². The number of nitrogens with zero attached hydrogens (tertiary/aromatic N) is 2. The number of rotatable bonds is 3. The fourth-order valence-electron chi connectivity index (χ4n) is 5.30. The third-order valence-corrected chi connectivity index (χ3v) is 6.46. The number of aromatic nitrogens is 1. The van der Waals surface area contributed by atoms with Crippen molar-refractivity contribution >= 4 is 11.9 Å². The number of carbonyl (C=O) groups is 2. The van der Waals surface area contributed by atoms with Gasteiger partial charge in [-0.1, -0.05) is 20.8 Å². The van der Waals surface area contributed by atoms with Gasteiger partial charge in [0.2, 0.25) is 0 Å². The molecule has 1 aliphatic carbocycles. The molecule has 2 fully saturated rings. The van der Waals surface area contributed by atoms with E-state index >= 15 is 0 Å². The number of pyridine rings is 1. The SMILES string of the molecule is CCc1c(C)cc(C(=O)N2C[C@@H]3C(C)(C)C[C@]3(C(=O)OC)C2)c(=O)n1C. The van der Waals surface area contributed by atoms with Gasteiger partial charge in [0, 0.05) is 25.8 Å². The highest BCUT2D eigenvalue weighted by atomic mass is 16.5. The number of aryl methyl sites for hydroxylation is 1. The van der Waals surface area contributed by atoms with Gasteiger partial charge in [0.1, 0.15) is 5.56 Å². The Bertz CT molecular complexity index is 839. The number of methoxy groups -OCH3 is 1. The van der Waals surface area contributed by atoms with Crippen LogP contribution < -0.4 is 5.56 Å². The van der Waals surface area contributed by atoms with Crippen molar-refractivity contribution in [2.24, 2.45) is 23.8 Å². The van der Waals surface area contributed by atoms with Gasteiger partial charge in [-0.2, -0.15) is 0 Å². The highest BCUT2D eigenvalue weighted by Gasteiger charge is 2.68. The van der Waals surface area contributed by atoms with E-state index in [1.807, 2.05) is 13.8 Å². The van der Waals surface area contributed by atoms with E-state index in [2.05, 4.69) is 13.8 Å². The van der Waals surface area contributed by atoms with Gasteiger partial charge < -0.3 is 14.2 Å². The summed E-state index contributed by atoms with van der Waals surface area (Å²) in [7, 11) is 3.10. The van der Waals surface area contributed by atoms with Crippen molar-refractivity contribution in [3.05, 3.63) is 33.2 Å². The average Bonchev–Trinajstić information content (AvgIpc) is 2.93. The Morgan fingerprint density at radius 2 is 2.00 bits per heavy atom. The van der Waals surface area contributed by atoms with E-state index in [0.29, 0.717) is 19.5 Å². The summed E-state index contributed by atoms with van der Waals surface area (Å²) in [5.74, 6) is -0.473. The molecule has 0 N–H and O–H groups in total. The monoisotopic (exact) mass is 360 g/mol. The van der Waals surface area contributed by atoms with Gasteiger partial charge in [-0.3, -0.25) is 14.4 Å². The lowest BCUT2D eigenvalue weighted by Gasteiger charge is -2.54. The van der Waals surface area contributed by atoms with Crippen LogP contribution in [0.2, 0.25) is 0 Å². The first-order valence-electron chi connectivity index (χ1n) is 9.16. The van der Waals surface area contributed by atoms with E-state index in [9.17, 15) is 14.4 Å². The van der Waals surface area contributed by atoms with Gasteiger partial charge in [-0.25, -0.2) is 0 Å². The molecule has 2 heterocycles. The van der Waals surface area contributed by atoms with Crippen LogP contribution >= 0.6 is 0 Å². The number of likely N-dealkylation sites (tertiary alicyclic amines) is 1. The Labute approximate surface area is 154 Å². The molecule has 1 saturated heterocycles. The Morgan fingerprint density at radius 3 is 2.54 bits per heavy atom. The average molecular weight is 360 g/mol. The minimum Gasteiger partial charge on any atom is -0.469 e. The third-order valence-electron chi connectivity index (χ3n) is 6.46. The number of ether oxygens (including phenoxy) is 1. The second-order valence-electron chi connectivity index (χ2n) is 8.46. The van der Waals surface area contributed by atoms with Gasteiger partial charge in [-0.05, 0) is 42.7 Å². The molecule has 0 bridgehead atoms. The van der Waals surface area contributed by atoms with E-state index in [4.69, 9.17) is 4.74 Å². The molecule has 26 heavy (non-hydrogen) atoms. The van der Waals surface area contributed by atoms with Crippen LogP contribution in [0.15, 0.2) is 10.9 Å². The van der Waals surface area contributed by atoms with Crippen LogP contribution in [0.1, 0.15) is 48.8 Å². The Hall–Kier alpha value is -2.11. The Morgan fingerprint density at radius 1 is 1.35 bits per heavy atom. The van der Waals surface area contributed by atoms with Crippen LogP contribution in [-0.4, -0.2) is 41.5 Å². The van der Waals surface area contributed by atoms with E-state index in [0.717, 1.165) is 17.7 Å². The summed E-state index contributed by atoms with van der Waals surface area (Å²) in [5, 5.41) is 0. The highest BCUT2D eigenvalue weighted by Crippen LogP contribution is 2.63. The van der Waals surface area contributed by atoms with Gasteiger partial charge in [0.05, 0.1) is 12.5 Å². The maximum Gasteiger partial charge on any atom is 0.314 e. The maximum absolute atomic E-state index is 13.1. The first-order chi connectivity index (χ1) is 12.1. The zero-order valence-electron chi connectivity index (χ0n) is 16.5. The van der Waals surface area contributed by atoms with Crippen LogP contribution in [0.25, 0.3) is 0 Å². The van der Waals surface area contributed by atoms with Gasteiger partial charge in [0.15, 0.2) is 0 Å². The molecule has 2 aliphatic rings. The number of hydrogen-bond acceptors (Lipinski definition) is 4. The molecular weight excluding hydrogens is 332 g/mol. The number of hydrogen-bond donors (Lipinski definition) is 0. The maximum atomic E-state index is 13.1. The lowest BCUT2D eigenvalue weighted by molar-refractivity contribution is -0.174. The molecule has 0 radical (unpaired) electrons. The van der Waals surface area contributed by atoms with Crippen molar-refractivity contribution < 1.29 is 14.3 Å². The third kappa shape index (κ3) is 2.42. The summed E-state index contributed by atoms with van der Waals surface area (Å²) in [6, 6.07) is 1.69. The van der Waals surface area contributed by atoms with Crippen molar-refractivity contribution in [3.63, 3.8) is 0 Å². The molecule has 0 aromatic carbocycles. The molecule has 3 rings (SSSR count). The molecule has 1 aromatic rings. The Kier molecular flexibility index (Phi) is 4.28. The first-order valence-corrected chi connectivity index (χ1v) is 9.16. The number of esters is 1. The van der Waals surface area contributed by atoms with Crippen LogP contribution in [0.4, 0.5) is 0 Å². The van der Waals surface area contributed by atoms with Crippen LogP contribution in [0.5, 0.6) is 0 Å². The van der Waals surface area contributed by atoms with Gasteiger partial charge >= 0.3 is 5.97 Å². The fraction of sp³-hybridized carbons (Fsp3) is 0.650. The molecule has 1 aromatic heterocycles. The standard InChI is InChI=1S/C20H28N2O4/c1-7-14-12(2)8-13(16(23)21(14)5)17(24)22-9-15-19(3,4)10-20(15,11-22)18(25)26-6/h8,15H,7,9-11H2,1-6H3/t15-,20+/m1/s1. The van der Waals surface area contributed by atoms with Crippen LogP contribution in [-0.2, 0) is 23.0 Å². The van der Waals surface area contributed by atoms with Crippen LogP contribution in [0.3, 0.4) is 0 Å². The topological polar surface area (TPSA) is 68.6 Å². The van der Waals surface area contributed by atoms with Crippen molar-refractivity contribution in [3.8, 4) is 0 Å². The van der Waals surface area contributed by atoms with Crippen molar-refractivity contribution in [1.82, 2.24) is 9.47 Å². The second-order valence-corrected chi connectivity index (χ2v) is 8.46. The predicted octanol–water partition coefficient (Wildman–Crippen LogP) is 1.92. The van der Waals surface area contributed by atoms with Crippen molar-refractivity contribution in [2.45, 2.75) is 40.5 Å². The zero-order chi connectivity index (χ0) is 19.4. The first kappa shape index (κ1) is 18.7. The summed E-state index contributed by atoms with van der Waals surface area (Å²) >= 11 is 0. The minimum atomic E-state index is -0.627. The molecule has 142 valence electrons. The number of amides is 1. The molecule has 1 saturated carbocycles. The van der Waals surface area contributed by atoms with E-state index in [1.54, 1.807) is 22.6 Å². The molecule has 0 unspecified atom stereocenters. The summed E-state index contributed by atoms with van der Waals surface area (Å²) < 4.78 is 6.60. The summed E-state index contributed by atoms with van der Waals surface area (Å²) in [4.78, 5) is 39.9. The summed E-state index contributed by atoms with van der Waals surface area (Å²) in [6.07, 6.45) is 1.43. The smallest absolute Gasteiger partial charge is 0.314 e. The molecule has 6 nitrogen and oxygen atoms in total. The van der Waals surface area contributed by atoms with E-state index in [1.165, 1.54) is 7.11 Å². The fourth-order valence-corrected chi connectivity index (χ4v) is 5.30. The van der Waals surface area contributed by atoms with Crippen molar-refractivity contribution in [2.75, 3.05) is 20.2 Å². The predicted molar refractivity (Wildman–Crippen MR) is 98.0 cm³/mol. The van der Waals surface area contributed by atoms with Crippen molar-refractivity contribution in [1.29, 1.82) is 0 Å². The Balaban J connectivity index is 1.96. The minimum absolute atomic E-state index is 0.0177. The lowest BCUT2D eigenvalue weighted by atomic mass is 9.48.